The third-order valence-electron chi connectivity index (χ3n) is 4.55. The Morgan fingerprint density at radius 2 is 1.85 bits per heavy atom. The van der Waals surface area contributed by atoms with Crippen LogP contribution in [0.15, 0.2) is 76.2 Å². The van der Waals surface area contributed by atoms with Crippen LogP contribution in [0.1, 0.15) is 21.7 Å². The molecule has 0 atom stereocenters. The van der Waals surface area contributed by atoms with E-state index in [1.165, 1.54) is 18.3 Å². The molecule has 0 bridgehead atoms. The standard InChI is InChI=1S/C23H15I2N3O5/c24-18-9-15(12-26-27-23(29)21-11-16-5-1-2-7-20(16)33-21)10-19(25)22(18)32-13-14-4-3-6-17(8-14)28(30)31/h1-12H,13H2,(H,27,29)/b26-12-. The maximum absolute atomic E-state index is 12.3. The van der Waals surface area contributed by atoms with Gasteiger partial charge in [0, 0.05) is 17.5 Å². The van der Waals surface area contributed by atoms with Gasteiger partial charge in [-0.1, -0.05) is 30.3 Å². The summed E-state index contributed by atoms with van der Waals surface area (Å²) in [7, 11) is 0. The SMILES string of the molecule is O=C(N/N=C\c1cc(I)c(OCc2cccc([N+](=O)[O-])c2)c(I)c1)c1cc2ccccc2o1. The van der Waals surface area contributed by atoms with Crippen molar-refractivity contribution in [1.29, 1.82) is 0 Å². The highest BCUT2D eigenvalue weighted by Gasteiger charge is 2.12. The highest BCUT2D eigenvalue weighted by Crippen LogP contribution is 2.29. The molecule has 10 heteroatoms. The smallest absolute Gasteiger partial charge is 0.307 e. The number of para-hydroxylation sites is 1. The zero-order chi connectivity index (χ0) is 23.4. The summed E-state index contributed by atoms with van der Waals surface area (Å²) >= 11 is 4.30. The molecule has 1 N–H and O–H groups in total. The molecule has 0 fully saturated rings. The van der Waals surface area contributed by atoms with Crippen LogP contribution in [0, 0.1) is 17.3 Å². The van der Waals surface area contributed by atoms with Crippen LogP contribution in [0.5, 0.6) is 5.75 Å². The summed E-state index contributed by atoms with van der Waals surface area (Å²) in [4.78, 5) is 22.8. The number of benzene rings is 3. The summed E-state index contributed by atoms with van der Waals surface area (Å²) in [5.41, 5.74) is 4.61. The monoisotopic (exact) mass is 667 g/mol. The molecular formula is C23H15I2N3O5. The Balaban J connectivity index is 1.41. The summed E-state index contributed by atoms with van der Waals surface area (Å²) in [5, 5.41) is 15.8. The summed E-state index contributed by atoms with van der Waals surface area (Å²) in [6.45, 7) is 0.203. The number of hydrogen-bond donors (Lipinski definition) is 1. The van der Waals surface area contributed by atoms with Crippen LogP contribution in [0.2, 0.25) is 0 Å². The van der Waals surface area contributed by atoms with Gasteiger partial charge in [-0.15, -0.1) is 0 Å². The van der Waals surface area contributed by atoms with Gasteiger partial charge in [0.1, 0.15) is 17.9 Å². The Kier molecular flexibility index (Phi) is 7.23. The van der Waals surface area contributed by atoms with E-state index in [0.29, 0.717) is 16.9 Å². The van der Waals surface area contributed by atoms with Crippen molar-refractivity contribution in [2.45, 2.75) is 6.61 Å². The highest BCUT2D eigenvalue weighted by molar-refractivity contribution is 14.1. The number of amides is 1. The number of furan rings is 1. The molecule has 0 aliphatic rings. The van der Waals surface area contributed by atoms with Crippen LogP contribution in [0.3, 0.4) is 0 Å². The first-order chi connectivity index (χ1) is 15.9. The topological polar surface area (TPSA) is 107 Å². The van der Waals surface area contributed by atoms with Crippen LogP contribution >= 0.6 is 45.2 Å². The molecule has 0 aliphatic heterocycles. The zero-order valence-electron chi connectivity index (χ0n) is 16.8. The molecule has 4 aromatic rings. The minimum absolute atomic E-state index is 0.0248. The predicted molar refractivity (Wildman–Crippen MR) is 141 cm³/mol. The quantitative estimate of drug-likeness (QED) is 0.115. The van der Waals surface area contributed by atoms with Crippen molar-refractivity contribution < 1.29 is 18.9 Å². The molecule has 8 nitrogen and oxygen atoms in total. The number of hydrazone groups is 1. The van der Waals surface area contributed by atoms with E-state index in [1.54, 1.807) is 24.3 Å². The van der Waals surface area contributed by atoms with Gasteiger partial charge in [-0.3, -0.25) is 14.9 Å². The Bertz CT molecular complexity index is 1330. The Hall–Kier alpha value is -3.00. The lowest BCUT2D eigenvalue weighted by molar-refractivity contribution is -0.384. The number of nitrogens with zero attached hydrogens (tertiary/aromatic N) is 2. The number of halogens is 2. The van der Waals surface area contributed by atoms with Gasteiger partial charge in [-0.2, -0.15) is 5.10 Å². The van der Waals surface area contributed by atoms with Crippen molar-refractivity contribution in [3.05, 3.63) is 101 Å². The van der Waals surface area contributed by atoms with Crippen LogP contribution in [0.4, 0.5) is 5.69 Å². The molecule has 0 radical (unpaired) electrons. The second-order valence-corrected chi connectivity index (χ2v) is 9.20. The molecule has 3 aromatic carbocycles. The van der Waals surface area contributed by atoms with Gasteiger partial charge in [0.15, 0.2) is 5.76 Å². The molecule has 0 saturated heterocycles. The van der Waals surface area contributed by atoms with E-state index in [9.17, 15) is 14.9 Å². The number of nitrogens with one attached hydrogen (secondary N) is 1. The molecule has 1 aromatic heterocycles. The number of non-ortho nitro benzene ring substituents is 1. The fraction of sp³-hybridized carbons (Fsp3) is 0.0435. The molecular weight excluding hydrogens is 652 g/mol. The maximum Gasteiger partial charge on any atom is 0.307 e. The third kappa shape index (κ3) is 5.68. The van der Waals surface area contributed by atoms with Gasteiger partial charge < -0.3 is 9.15 Å². The van der Waals surface area contributed by atoms with Gasteiger partial charge in [0.05, 0.1) is 18.3 Å². The van der Waals surface area contributed by atoms with E-state index in [-0.39, 0.29) is 18.1 Å². The van der Waals surface area contributed by atoms with Crippen molar-refractivity contribution in [2.24, 2.45) is 5.10 Å². The number of carbonyl (C=O) groups is 1. The molecule has 4 rings (SSSR count). The van der Waals surface area contributed by atoms with E-state index in [0.717, 1.165) is 18.1 Å². The normalized spacial score (nSPS) is 11.1. The van der Waals surface area contributed by atoms with Crippen molar-refractivity contribution in [3.8, 4) is 5.75 Å². The highest BCUT2D eigenvalue weighted by atomic mass is 127. The van der Waals surface area contributed by atoms with E-state index >= 15 is 0 Å². The van der Waals surface area contributed by atoms with Gasteiger partial charge >= 0.3 is 5.91 Å². The van der Waals surface area contributed by atoms with Gasteiger partial charge in [0.25, 0.3) is 5.69 Å². The van der Waals surface area contributed by atoms with Crippen LogP contribution < -0.4 is 10.2 Å². The molecule has 0 unspecified atom stereocenters. The first kappa shape index (κ1) is 23.2. The van der Waals surface area contributed by atoms with Gasteiger partial charge in [0.2, 0.25) is 0 Å². The fourth-order valence-electron chi connectivity index (χ4n) is 3.02. The molecule has 0 spiro atoms. The summed E-state index contributed by atoms with van der Waals surface area (Å²) in [6, 6.07) is 19.1. The van der Waals surface area contributed by atoms with E-state index < -0.39 is 10.8 Å². The minimum atomic E-state index is -0.441. The summed E-state index contributed by atoms with van der Waals surface area (Å²) in [6.07, 6.45) is 1.54. The lowest BCUT2D eigenvalue weighted by Crippen LogP contribution is -2.16. The number of ether oxygens (including phenoxy) is 1. The lowest BCUT2D eigenvalue weighted by Gasteiger charge is -2.11. The number of nitro benzene ring substituents is 1. The molecule has 0 aliphatic carbocycles. The number of nitro groups is 1. The van der Waals surface area contributed by atoms with Gasteiger partial charge in [-0.25, -0.2) is 5.43 Å². The van der Waals surface area contributed by atoms with Crippen molar-refractivity contribution in [2.75, 3.05) is 0 Å². The predicted octanol–water partition coefficient (Wildman–Crippen LogP) is 5.89. The van der Waals surface area contributed by atoms with Crippen molar-refractivity contribution >= 4 is 74.0 Å². The Morgan fingerprint density at radius 1 is 1.09 bits per heavy atom. The zero-order valence-corrected chi connectivity index (χ0v) is 21.1. The minimum Gasteiger partial charge on any atom is -0.487 e. The number of carbonyl (C=O) groups excluding carboxylic acids is 1. The average Bonchev–Trinajstić information content (AvgIpc) is 3.23. The van der Waals surface area contributed by atoms with E-state index in [1.807, 2.05) is 30.3 Å². The second-order valence-electron chi connectivity index (χ2n) is 6.88. The molecule has 1 amide bonds. The summed E-state index contributed by atoms with van der Waals surface area (Å²) < 4.78 is 13.1. The summed E-state index contributed by atoms with van der Waals surface area (Å²) in [5.74, 6) is 0.414. The Labute approximate surface area is 215 Å². The van der Waals surface area contributed by atoms with Crippen LogP contribution in [-0.4, -0.2) is 17.0 Å². The fourth-order valence-corrected chi connectivity index (χ4v) is 5.15. The maximum atomic E-state index is 12.3. The molecule has 1 heterocycles. The number of rotatable bonds is 7. The third-order valence-corrected chi connectivity index (χ3v) is 6.16. The molecule has 0 saturated carbocycles. The van der Waals surface area contributed by atoms with Crippen molar-refractivity contribution in [3.63, 3.8) is 0 Å². The second kappa shape index (κ2) is 10.3. The van der Waals surface area contributed by atoms with Crippen LogP contribution in [-0.2, 0) is 6.61 Å². The molecule has 33 heavy (non-hydrogen) atoms. The van der Waals surface area contributed by atoms with Crippen LogP contribution in [0.25, 0.3) is 11.0 Å². The largest absolute Gasteiger partial charge is 0.487 e. The van der Waals surface area contributed by atoms with E-state index in [2.05, 4.69) is 55.7 Å². The Morgan fingerprint density at radius 3 is 2.58 bits per heavy atom. The number of fused-ring (bicyclic) bond motifs is 1. The van der Waals surface area contributed by atoms with Crippen molar-refractivity contribution in [1.82, 2.24) is 5.43 Å². The first-order valence-corrected chi connectivity index (χ1v) is 11.7. The average molecular weight is 667 g/mol. The number of hydrogen-bond acceptors (Lipinski definition) is 6. The first-order valence-electron chi connectivity index (χ1n) is 9.58. The lowest BCUT2D eigenvalue weighted by atomic mass is 10.2. The van der Waals surface area contributed by atoms with E-state index in [4.69, 9.17) is 9.15 Å². The van der Waals surface area contributed by atoms with Gasteiger partial charge in [-0.05, 0) is 80.6 Å². The molecule has 166 valence electrons.